The average Bonchev–Trinajstić information content (AvgIpc) is 2.19. The fourth-order valence-electron chi connectivity index (χ4n) is 0.950. The van der Waals surface area contributed by atoms with E-state index >= 15 is 0 Å². The molecule has 1 aromatic rings. The lowest BCUT2D eigenvalue weighted by Crippen LogP contribution is -1.92. The van der Waals surface area contributed by atoms with E-state index in [2.05, 4.69) is 35.3 Å². The summed E-state index contributed by atoms with van der Waals surface area (Å²) in [6.07, 6.45) is 2.07. The van der Waals surface area contributed by atoms with Crippen LogP contribution in [0.15, 0.2) is 40.6 Å². The monoisotopic (exact) mass is 250 g/mol. The van der Waals surface area contributed by atoms with Gasteiger partial charge in [-0.3, -0.25) is 12.9 Å². The lowest BCUT2D eigenvalue weighted by atomic mass is 10.2. The summed E-state index contributed by atoms with van der Waals surface area (Å²) in [7, 11) is 0. The van der Waals surface area contributed by atoms with Gasteiger partial charge in [-0.15, -0.1) is 0 Å². The van der Waals surface area contributed by atoms with Crippen LogP contribution in [0.25, 0.3) is 0 Å². The Bertz CT molecular complexity index is 248. The molecular weight excluding hydrogens is 240 g/mol. The van der Waals surface area contributed by atoms with Crippen LogP contribution in [0.3, 0.4) is 0 Å². The van der Waals surface area contributed by atoms with E-state index in [1.165, 1.54) is 5.56 Å². The maximum absolute atomic E-state index is 5.44. The van der Waals surface area contributed by atoms with Crippen LogP contribution in [0.4, 0.5) is 0 Å². The molecule has 1 rings (SSSR count). The summed E-state index contributed by atoms with van der Waals surface area (Å²) in [5.41, 5.74) is 1.23. The van der Waals surface area contributed by atoms with Crippen LogP contribution in [0.1, 0.15) is 5.56 Å². The summed E-state index contributed by atoms with van der Waals surface area (Å²) in [5, 5.41) is 0. The molecule has 13 heavy (non-hydrogen) atoms. The highest BCUT2D eigenvalue weighted by Gasteiger charge is 1.88. The van der Waals surface area contributed by atoms with E-state index < -0.39 is 0 Å². The molecule has 1 aromatic carbocycles. The van der Waals surface area contributed by atoms with E-state index in [4.69, 9.17) is 4.74 Å². The molecule has 0 amide bonds. The fraction of sp³-hybridized carbons (Fsp3) is 0.200. The molecule has 0 radical (unpaired) electrons. The van der Waals surface area contributed by atoms with Crippen molar-refractivity contribution in [3.05, 3.63) is 46.2 Å². The van der Waals surface area contributed by atoms with Crippen LogP contribution in [0.2, 0.25) is 0 Å². The minimum atomic E-state index is -0.125. The van der Waals surface area contributed by atoms with Crippen molar-refractivity contribution in [3.63, 3.8) is 0 Å². The van der Waals surface area contributed by atoms with Gasteiger partial charge in [0.15, 0.2) is 0 Å². The van der Waals surface area contributed by atoms with Crippen LogP contribution in [-0.4, -0.2) is 24.8 Å². The SMILES string of the molecule is [Br][Mg][CH]=CCOCc1ccccc1. The van der Waals surface area contributed by atoms with Crippen LogP contribution in [-0.2, 0) is 11.3 Å². The zero-order chi connectivity index (χ0) is 9.36. The Balaban J connectivity index is 2.17. The second-order valence-corrected chi connectivity index (χ2v) is 5.35. The lowest BCUT2D eigenvalue weighted by Gasteiger charge is -2.00. The first-order chi connectivity index (χ1) is 6.43. The number of benzene rings is 1. The molecule has 0 atom stereocenters. The van der Waals surface area contributed by atoms with E-state index in [0.29, 0.717) is 13.2 Å². The number of hydrogen-bond donors (Lipinski definition) is 0. The number of rotatable bonds is 5. The fourth-order valence-corrected chi connectivity index (χ4v) is 2.01. The van der Waals surface area contributed by atoms with Crippen molar-refractivity contribution < 1.29 is 4.74 Å². The summed E-state index contributed by atoms with van der Waals surface area (Å²) in [5.74, 6) is 0. The Labute approximate surface area is 94.8 Å². The molecule has 0 aromatic heterocycles. The standard InChI is InChI=1S/C10H11O.BrH.Mg/c1-2-8-11-9-10-6-4-3-5-7-10;;/h1-7H,8-9H2;1H;/q;;+1/p-1. The number of ether oxygens (including phenoxy) is 1. The molecule has 0 aliphatic heterocycles. The van der Waals surface area contributed by atoms with Gasteiger partial charge in [-0.2, -0.15) is 4.21 Å². The van der Waals surface area contributed by atoms with Gasteiger partial charge < -0.3 is 4.74 Å². The maximum atomic E-state index is 5.44. The summed E-state index contributed by atoms with van der Waals surface area (Å²) in [4.78, 5) is 0. The van der Waals surface area contributed by atoms with Crippen molar-refractivity contribution in [1.29, 1.82) is 0 Å². The summed E-state index contributed by atoms with van der Waals surface area (Å²) >= 11 is 3.32. The largest absolute Gasteiger partial charge is 0.498 e. The second kappa shape index (κ2) is 7.56. The van der Waals surface area contributed by atoms with Gasteiger partial charge in [-0.05, 0) is 5.56 Å². The second-order valence-electron chi connectivity index (χ2n) is 2.63. The van der Waals surface area contributed by atoms with E-state index in [1.807, 2.05) is 18.2 Å². The molecule has 0 saturated carbocycles. The molecule has 0 unspecified atom stereocenters. The molecular formula is C10H11BrMgO. The predicted molar refractivity (Wildman–Crippen MR) is 59.9 cm³/mol. The van der Waals surface area contributed by atoms with E-state index in [0.717, 1.165) is 0 Å². The highest BCUT2D eigenvalue weighted by Crippen LogP contribution is 1.99. The average molecular weight is 251 g/mol. The van der Waals surface area contributed by atoms with E-state index in [-0.39, 0.29) is 18.2 Å². The number of halogens is 1. The topological polar surface area (TPSA) is 9.23 Å². The molecule has 66 valence electrons. The molecule has 0 saturated heterocycles. The molecule has 0 spiro atoms. The van der Waals surface area contributed by atoms with Crippen LogP contribution >= 0.6 is 12.9 Å². The summed E-state index contributed by atoms with van der Waals surface area (Å²) < 4.78 is 7.61. The van der Waals surface area contributed by atoms with Crippen molar-refractivity contribution in [2.75, 3.05) is 6.61 Å². The van der Waals surface area contributed by atoms with E-state index in [1.54, 1.807) is 0 Å². The van der Waals surface area contributed by atoms with Gasteiger partial charge >= 0.3 is 18.2 Å². The Hall–Kier alpha value is 0.166. The van der Waals surface area contributed by atoms with Gasteiger partial charge in [0.1, 0.15) is 0 Å². The van der Waals surface area contributed by atoms with Crippen molar-refractivity contribution in [2.24, 2.45) is 0 Å². The predicted octanol–water partition coefficient (Wildman–Crippen LogP) is 2.73. The maximum Gasteiger partial charge on any atom is 0.498 e. The van der Waals surface area contributed by atoms with Crippen LogP contribution < -0.4 is 0 Å². The van der Waals surface area contributed by atoms with Gasteiger partial charge in [-0.25, -0.2) is 0 Å². The lowest BCUT2D eigenvalue weighted by molar-refractivity contribution is 0.149. The Kier molecular flexibility index (Phi) is 6.54. The molecule has 0 fully saturated rings. The van der Waals surface area contributed by atoms with Gasteiger partial charge in [-0.1, -0.05) is 36.4 Å². The Morgan fingerprint density at radius 2 is 2.08 bits per heavy atom. The third kappa shape index (κ3) is 5.47. The quantitative estimate of drug-likeness (QED) is 0.577. The van der Waals surface area contributed by atoms with Crippen molar-refractivity contribution in [3.8, 4) is 0 Å². The highest BCUT2D eigenvalue weighted by molar-refractivity contribution is 9.23. The molecule has 0 aliphatic carbocycles. The molecule has 0 N–H and O–H groups in total. The van der Waals surface area contributed by atoms with Gasteiger partial charge in [0.2, 0.25) is 0 Å². The van der Waals surface area contributed by atoms with Gasteiger partial charge in [0, 0.05) is 0 Å². The first-order valence-electron chi connectivity index (χ1n) is 4.26. The van der Waals surface area contributed by atoms with Crippen molar-refractivity contribution in [2.45, 2.75) is 6.61 Å². The Morgan fingerprint density at radius 1 is 1.31 bits per heavy atom. The Morgan fingerprint density at radius 3 is 2.77 bits per heavy atom. The minimum absolute atomic E-state index is 0.125. The first-order valence-corrected chi connectivity index (χ1v) is 8.97. The van der Waals surface area contributed by atoms with Crippen molar-refractivity contribution in [1.82, 2.24) is 0 Å². The minimum Gasteiger partial charge on any atom is -0.373 e. The summed E-state index contributed by atoms with van der Waals surface area (Å²) in [6, 6.07) is 10.2. The first kappa shape index (κ1) is 11.2. The third-order valence-corrected chi connectivity index (χ3v) is 3.21. The van der Waals surface area contributed by atoms with Gasteiger partial charge in [0.25, 0.3) is 0 Å². The van der Waals surface area contributed by atoms with E-state index in [9.17, 15) is 0 Å². The van der Waals surface area contributed by atoms with Gasteiger partial charge in [0.05, 0.1) is 13.2 Å². The molecule has 1 nitrogen and oxygen atoms in total. The van der Waals surface area contributed by atoms with Crippen LogP contribution in [0, 0.1) is 0 Å². The molecule has 3 heteroatoms. The smallest absolute Gasteiger partial charge is 0.373 e. The van der Waals surface area contributed by atoms with Crippen molar-refractivity contribution >= 4 is 31.1 Å². The molecule has 0 aliphatic rings. The van der Waals surface area contributed by atoms with Crippen LogP contribution in [0.5, 0.6) is 0 Å². The summed E-state index contributed by atoms with van der Waals surface area (Å²) in [6.45, 7) is 1.42. The molecule has 0 heterocycles. The highest BCUT2D eigenvalue weighted by atomic mass is 79.9. The molecule has 0 bridgehead atoms. The third-order valence-electron chi connectivity index (χ3n) is 1.58. The number of hydrogen-bond acceptors (Lipinski definition) is 1. The zero-order valence-electron chi connectivity index (χ0n) is 7.45. The normalized spacial score (nSPS) is 10.2. The zero-order valence-corrected chi connectivity index (χ0v) is 10.4.